The van der Waals surface area contributed by atoms with Crippen molar-refractivity contribution in [3.8, 4) is 6.07 Å². The molecule has 0 spiro atoms. The number of ether oxygens (including phenoxy) is 1. The normalized spacial score (nSPS) is 12.0. The van der Waals surface area contributed by atoms with Crippen LogP contribution in [-0.2, 0) is 33.8 Å². The van der Waals surface area contributed by atoms with Gasteiger partial charge in [0.1, 0.15) is 18.7 Å². The fourth-order valence-electron chi connectivity index (χ4n) is 3.39. The van der Waals surface area contributed by atoms with E-state index in [4.69, 9.17) is 10.00 Å². The second-order valence-corrected chi connectivity index (χ2v) is 7.86. The van der Waals surface area contributed by atoms with Crippen molar-refractivity contribution in [1.82, 2.24) is 10.6 Å². The Hall–Kier alpha value is -4.64. The Morgan fingerprint density at radius 3 is 1.89 bits per heavy atom. The minimum atomic E-state index is -1.23. The number of rotatable bonds is 10. The number of aliphatic carboxylic acids is 1. The molecule has 3 aromatic carbocycles. The van der Waals surface area contributed by atoms with Gasteiger partial charge in [0.2, 0.25) is 5.91 Å². The Morgan fingerprint density at radius 2 is 1.31 bits per heavy atom. The van der Waals surface area contributed by atoms with Crippen LogP contribution in [0.5, 0.6) is 0 Å². The van der Waals surface area contributed by atoms with Crippen molar-refractivity contribution in [2.45, 2.75) is 31.5 Å². The third kappa shape index (κ3) is 8.02. The topological polar surface area (TPSA) is 129 Å². The van der Waals surface area contributed by atoms with Crippen molar-refractivity contribution in [2.75, 3.05) is 0 Å². The van der Waals surface area contributed by atoms with Crippen LogP contribution in [0.3, 0.4) is 0 Å². The standard InChI is InChI=1S/C27H25N3O5/c28-17-21-13-11-20(12-14-21)16-24(26(32)33)29-25(31)23(15-19-7-3-1-4-8-19)30-27(34)35-18-22-9-5-2-6-10-22/h1-14,23-24H,15-16,18H2,(H,29,31)(H,30,34)(H,32,33)/t23-,24+/m1/s1. The molecule has 0 unspecified atom stereocenters. The number of alkyl carbamates (subject to hydrolysis) is 1. The summed E-state index contributed by atoms with van der Waals surface area (Å²) < 4.78 is 5.24. The summed E-state index contributed by atoms with van der Waals surface area (Å²) in [4.78, 5) is 37.4. The number of carbonyl (C=O) groups is 3. The molecule has 0 aliphatic heterocycles. The van der Waals surface area contributed by atoms with Crippen LogP contribution in [0.4, 0.5) is 4.79 Å². The minimum absolute atomic E-state index is 0.0172. The third-order valence-corrected chi connectivity index (χ3v) is 5.24. The largest absolute Gasteiger partial charge is 0.480 e. The number of carboxylic acids is 1. The number of carbonyl (C=O) groups excluding carboxylic acids is 2. The summed E-state index contributed by atoms with van der Waals surface area (Å²) in [5.74, 6) is -1.86. The average molecular weight is 472 g/mol. The first-order valence-electron chi connectivity index (χ1n) is 11.0. The van der Waals surface area contributed by atoms with Crippen molar-refractivity contribution in [3.63, 3.8) is 0 Å². The van der Waals surface area contributed by atoms with Crippen molar-refractivity contribution < 1.29 is 24.2 Å². The Morgan fingerprint density at radius 1 is 0.771 bits per heavy atom. The van der Waals surface area contributed by atoms with Gasteiger partial charge in [-0.1, -0.05) is 72.8 Å². The quantitative estimate of drug-likeness (QED) is 0.417. The first-order valence-corrected chi connectivity index (χ1v) is 11.0. The molecule has 0 aromatic heterocycles. The second kappa shape index (κ2) is 12.6. The molecular weight excluding hydrogens is 446 g/mol. The van der Waals surface area contributed by atoms with Crippen LogP contribution >= 0.6 is 0 Å². The molecule has 8 heteroatoms. The molecule has 3 N–H and O–H groups in total. The highest BCUT2D eigenvalue weighted by molar-refractivity contribution is 5.89. The molecular formula is C27H25N3O5. The highest BCUT2D eigenvalue weighted by Gasteiger charge is 2.27. The Balaban J connectivity index is 1.69. The number of nitriles is 1. The lowest BCUT2D eigenvalue weighted by Gasteiger charge is -2.21. The lowest BCUT2D eigenvalue weighted by atomic mass is 10.0. The van der Waals surface area contributed by atoms with Gasteiger partial charge in [-0.15, -0.1) is 0 Å². The van der Waals surface area contributed by atoms with E-state index in [9.17, 15) is 19.5 Å². The van der Waals surface area contributed by atoms with Crippen LogP contribution in [0.1, 0.15) is 22.3 Å². The zero-order chi connectivity index (χ0) is 25.0. The Labute approximate surface area is 203 Å². The maximum Gasteiger partial charge on any atom is 0.408 e. The summed E-state index contributed by atoms with van der Waals surface area (Å²) >= 11 is 0. The van der Waals surface area contributed by atoms with Gasteiger partial charge in [0.25, 0.3) is 0 Å². The van der Waals surface area contributed by atoms with E-state index in [-0.39, 0.29) is 19.4 Å². The highest BCUT2D eigenvalue weighted by Crippen LogP contribution is 2.09. The summed E-state index contributed by atoms with van der Waals surface area (Å²) in [5.41, 5.74) is 2.67. The van der Waals surface area contributed by atoms with E-state index in [0.717, 1.165) is 11.1 Å². The summed E-state index contributed by atoms with van der Waals surface area (Å²) in [6.45, 7) is 0.0305. The summed E-state index contributed by atoms with van der Waals surface area (Å²) in [6.07, 6.45) is -0.622. The van der Waals surface area contributed by atoms with Crippen LogP contribution < -0.4 is 10.6 Å². The number of hydrogen-bond acceptors (Lipinski definition) is 5. The van der Waals surface area contributed by atoms with Crippen LogP contribution in [-0.4, -0.2) is 35.2 Å². The molecule has 8 nitrogen and oxygen atoms in total. The first kappa shape index (κ1) is 25.0. The summed E-state index contributed by atoms with van der Waals surface area (Å²) in [6, 6.07) is 24.3. The molecule has 2 amide bonds. The van der Waals surface area contributed by atoms with Gasteiger partial charge in [-0.05, 0) is 28.8 Å². The first-order chi connectivity index (χ1) is 16.9. The lowest BCUT2D eigenvalue weighted by molar-refractivity contribution is -0.142. The maximum atomic E-state index is 13.1. The van der Waals surface area contributed by atoms with E-state index in [1.165, 1.54) is 0 Å². The molecule has 0 aliphatic carbocycles. The van der Waals surface area contributed by atoms with Crippen LogP contribution in [0.15, 0.2) is 84.9 Å². The zero-order valence-electron chi connectivity index (χ0n) is 18.9. The van der Waals surface area contributed by atoms with Crippen molar-refractivity contribution in [1.29, 1.82) is 5.26 Å². The predicted molar refractivity (Wildman–Crippen MR) is 128 cm³/mol. The number of amides is 2. The summed E-state index contributed by atoms with van der Waals surface area (Å²) in [5, 5.41) is 23.7. The number of benzene rings is 3. The van der Waals surface area contributed by atoms with E-state index >= 15 is 0 Å². The molecule has 0 fully saturated rings. The molecule has 178 valence electrons. The van der Waals surface area contributed by atoms with Gasteiger partial charge in [-0.3, -0.25) is 4.79 Å². The van der Waals surface area contributed by atoms with Gasteiger partial charge in [0, 0.05) is 12.8 Å². The monoisotopic (exact) mass is 471 g/mol. The van der Waals surface area contributed by atoms with Crippen molar-refractivity contribution in [2.24, 2.45) is 0 Å². The molecule has 0 saturated heterocycles. The molecule has 35 heavy (non-hydrogen) atoms. The van der Waals surface area contributed by atoms with Crippen molar-refractivity contribution in [3.05, 3.63) is 107 Å². The third-order valence-electron chi connectivity index (χ3n) is 5.24. The van der Waals surface area contributed by atoms with Gasteiger partial charge in [0.05, 0.1) is 11.6 Å². The molecule has 0 saturated carbocycles. The van der Waals surface area contributed by atoms with Gasteiger partial charge in [-0.25, -0.2) is 9.59 Å². The van der Waals surface area contributed by atoms with E-state index in [1.807, 2.05) is 66.7 Å². The van der Waals surface area contributed by atoms with Crippen LogP contribution in [0.25, 0.3) is 0 Å². The SMILES string of the molecule is N#Cc1ccc(C[C@H](NC(=O)[C@@H](Cc2ccccc2)NC(=O)OCc2ccccc2)C(=O)O)cc1. The van der Waals surface area contributed by atoms with E-state index < -0.39 is 30.1 Å². The minimum Gasteiger partial charge on any atom is -0.480 e. The second-order valence-electron chi connectivity index (χ2n) is 7.86. The molecule has 2 atom stereocenters. The van der Waals surface area contributed by atoms with Crippen LogP contribution in [0, 0.1) is 11.3 Å². The van der Waals surface area contributed by atoms with Gasteiger partial charge in [0.15, 0.2) is 0 Å². The fourth-order valence-corrected chi connectivity index (χ4v) is 3.39. The van der Waals surface area contributed by atoms with E-state index in [1.54, 1.807) is 24.3 Å². The number of hydrogen-bond donors (Lipinski definition) is 3. The molecule has 0 radical (unpaired) electrons. The zero-order valence-corrected chi connectivity index (χ0v) is 18.9. The summed E-state index contributed by atoms with van der Waals surface area (Å²) in [7, 11) is 0. The molecule has 0 bridgehead atoms. The predicted octanol–water partition coefficient (Wildman–Crippen LogP) is 3.21. The van der Waals surface area contributed by atoms with E-state index in [2.05, 4.69) is 10.6 Å². The molecule has 0 aliphatic rings. The smallest absolute Gasteiger partial charge is 0.408 e. The molecule has 0 heterocycles. The van der Waals surface area contributed by atoms with Gasteiger partial charge >= 0.3 is 12.1 Å². The number of nitrogens with zero attached hydrogens (tertiary/aromatic N) is 1. The van der Waals surface area contributed by atoms with E-state index in [0.29, 0.717) is 11.1 Å². The highest BCUT2D eigenvalue weighted by atomic mass is 16.5. The lowest BCUT2D eigenvalue weighted by Crippen LogP contribution is -2.53. The average Bonchev–Trinajstić information content (AvgIpc) is 2.88. The number of nitrogens with one attached hydrogen (secondary N) is 2. The van der Waals surface area contributed by atoms with Gasteiger partial charge < -0.3 is 20.5 Å². The fraction of sp³-hybridized carbons (Fsp3) is 0.185. The molecule has 3 rings (SSSR count). The van der Waals surface area contributed by atoms with Crippen LogP contribution in [0.2, 0.25) is 0 Å². The van der Waals surface area contributed by atoms with Gasteiger partial charge in [-0.2, -0.15) is 5.26 Å². The molecule has 3 aromatic rings. The number of carboxylic acid groups (broad SMARTS) is 1. The Kier molecular flexibility index (Phi) is 8.97. The van der Waals surface area contributed by atoms with Crippen molar-refractivity contribution >= 4 is 18.0 Å². The maximum absolute atomic E-state index is 13.1. The Bertz CT molecular complexity index is 1170.